The molecule has 1 aromatic carbocycles. The predicted octanol–water partition coefficient (Wildman–Crippen LogP) is 2.57. The van der Waals surface area contributed by atoms with E-state index in [2.05, 4.69) is 36.4 Å². The van der Waals surface area contributed by atoms with Crippen LogP contribution in [0, 0.1) is 0 Å². The van der Waals surface area contributed by atoms with Gasteiger partial charge in [0.1, 0.15) is 0 Å². The van der Waals surface area contributed by atoms with Crippen LogP contribution in [-0.4, -0.2) is 12.7 Å². The molecule has 68 valence electrons. The van der Waals surface area contributed by atoms with Gasteiger partial charge in [-0.05, 0) is 12.0 Å². The van der Waals surface area contributed by atoms with Crippen LogP contribution in [0.3, 0.4) is 0 Å². The number of benzene rings is 1. The largest absolute Gasteiger partial charge is 0.373 e. The quantitative estimate of drug-likeness (QED) is 0.626. The monoisotopic (exact) mass is 174 g/mol. The van der Waals surface area contributed by atoms with E-state index in [-0.39, 0.29) is 6.10 Å². The fourth-order valence-electron chi connectivity index (χ4n) is 1.56. The highest BCUT2D eigenvalue weighted by molar-refractivity contribution is 5.17. The molecule has 1 aromatic rings. The molecule has 0 unspecified atom stereocenters. The molecule has 0 N–H and O–H groups in total. The second-order valence-electron chi connectivity index (χ2n) is 3.32. The predicted molar refractivity (Wildman–Crippen MR) is 53.6 cm³/mol. The molecule has 1 heteroatoms. The molecular formula is C12H14O. The van der Waals surface area contributed by atoms with Crippen LogP contribution in [-0.2, 0) is 11.2 Å². The fourth-order valence-corrected chi connectivity index (χ4v) is 1.56. The summed E-state index contributed by atoms with van der Waals surface area (Å²) in [6.45, 7) is 0.869. The molecule has 1 nitrogen and oxygen atoms in total. The first-order chi connectivity index (χ1) is 6.45. The standard InChI is InChI=1S/C12H14O/c1-2-6-11(7-3-1)10-12-8-4-5-9-13-12/h1-4,6-8,12H,5,9-10H2/t12-/m0/s1. The molecule has 0 fully saturated rings. The van der Waals surface area contributed by atoms with Gasteiger partial charge < -0.3 is 4.74 Å². The van der Waals surface area contributed by atoms with E-state index >= 15 is 0 Å². The van der Waals surface area contributed by atoms with Crippen LogP contribution >= 0.6 is 0 Å². The van der Waals surface area contributed by atoms with Crippen molar-refractivity contribution in [2.45, 2.75) is 18.9 Å². The third-order valence-electron chi connectivity index (χ3n) is 2.25. The van der Waals surface area contributed by atoms with E-state index in [1.165, 1.54) is 5.56 Å². The Bertz CT molecular complexity index is 276. The molecule has 13 heavy (non-hydrogen) atoms. The van der Waals surface area contributed by atoms with Crippen molar-refractivity contribution in [1.29, 1.82) is 0 Å². The van der Waals surface area contributed by atoms with E-state index in [1.54, 1.807) is 0 Å². The molecule has 0 radical (unpaired) electrons. The van der Waals surface area contributed by atoms with Gasteiger partial charge in [-0.3, -0.25) is 0 Å². The van der Waals surface area contributed by atoms with Gasteiger partial charge >= 0.3 is 0 Å². The van der Waals surface area contributed by atoms with Crippen molar-refractivity contribution < 1.29 is 4.74 Å². The highest BCUT2D eigenvalue weighted by atomic mass is 16.5. The van der Waals surface area contributed by atoms with Gasteiger partial charge in [0, 0.05) is 6.42 Å². The Labute approximate surface area is 79.0 Å². The lowest BCUT2D eigenvalue weighted by Gasteiger charge is -2.17. The van der Waals surface area contributed by atoms with Crippen molar-refractivity contribution in [3.63, 3.8) is 0 Å². The van der Waals surface area contributed by atoms with Crippen LogP contribution in [0.2, 0.25) is 0 Å². The smallest absolute Gasteiger partial charge is 0.0796 e. The fraction of sp³-hybridized carbons (Fsp3) is 0.333. The molecule has 1 aliphatic heterocycles. The number of hydrogen-bond acceptors (Lipinski definition) is 1. The van der Waals surface area contributed by atoms with E-state index in [1.807, 2.05) is 6.07 Å². The molecular weight excluding hydrogens is 160 g/mol. The van der Waals surface area contributed by atoms with E-state index in [4.69, 9.17) is 4.74 Å². The zero-order chi connectivity index (χ0) is 8.93. The van der Waals surface area contributed by atoms with Gasteiger partial charge in [0.05, 0.1) is 12.7 Å². The zero-order valence-corrected chi connectivity index (χ0v) is 7.65. The highest BCUT2D eigenvalue weighted by Crippen LogP contribution is 2.10. The summed E-state index contributed by atoms with van der Waals surface area (Å²) in [6.07, 6.45) is 6.71. The topological polar surface area (TPSA) is 9.23 Å². The molecule has 1 atom stereocenters. The van der Waals surface area contributed by atoms with Gasteiger partial charge in [-0.15, -0.1) is 0 Å². The lowest BCUT2D eigenvalue weighted by Crippen LogP contribution is -2.16. The van der Waals surface area contributed by atoms with Gasteiger partial charge in [0.2, 0.25) is 0 Å². The number of rotatable bonds is 2. The number of hydrogen-bond donors (Lipinski definition) is 0. The minimum atomic E-state index is 0.288. The molecule has 0 aliphatic carbocycles. The Kier molecular flexibility index (Phi) is 2.78. The summed E-state index contributed by atoms with van der Waals surface area (Å²) >= 11 is 0. The molecule has 2 rings (SSSR count). The molecule has 0 bridgehead atoms. The summed E-state index contributed by atoms with van der Waals surface area (Å²) in [5, 5.41) is 0. The van der Waals surface area contributed by atoms with Gasteiger partial charge in [0.25, 0.3) is 0 Å². The van der Waals surface area contributed by atoms with Crippen LogP contribution in [0.1, 0.15) is 12.0 Å². The van der Waals surface area contributed by atoms with E-state index in [0.717, 1.165) is 19.4 Å². The molecule has 1 heterocycles. The minimum absolute atomic E-state index is 0.288. The van der Waals surface area contributed by atoms with Crippen molar-refractivity contribution in [1.82, 2.24) is 0 Å². The first kappa shape index (κ1) is 8.52. The molecule has 0 aromatic heterocycles. The molecule has 0 spiro atoms. The van der Waals surface area contributed by atoms with Crippen molar-refractivity contribution in [2.24, 2.45) is 0 Å². The maximum absolute atomic E-state index is 5.60. The van der Waals surface area contributed by atoms with Gasteiger partial charge in [-0.2, -0.15) is 0 Å². The van der Waals surface area contributed by atoms with Crippen LogP contribution < -0.4 is 0 Å². The second-order valence-corrected chi connectivity index (χ2v) is 3.32. The number of ether oxygens (including phenoxy) is 1. The Morgan fingerprint density at radius 1 is 1.23 bits per heavy atom. The average Bonchev–Trinajstić information content (AvgIpc) is 2.21. The van der Waals surface area contributed by atoms with Crippen molar-refractivity contribution in [3.05, 3.63) is 48.0 Å². The summed E-state index contributed by atoms with van der Waals surface area (Å²) < 4.78 is 5.60. The molecule has 0 saturated heterocycles. The Morgan fingerprint density at radius 3 is 2.77 bits per heavy atom. The summed E-state index contributed by atoms with van der Waals surface area (Å²) in [5.74, 6) is 0. The SMILES string of the molecule is C1=C[C@@H](Cc2ccccc2)OCC1. The Hall–Kier alpha value is -1.08. The van der Waals surface area contributed by atoms with Gasteiger partial charge in [-0.1, -0.05) is 42.5 Å². The summed E-state index contributed by atoms with van der Waals surface area (Å²) in [7, 11) is 0. The first-order valence-electron chi connectivity index (χ1n) is 4.77. The third kappa shape index (κ3) is 2.43. The Morgan fingerprint density at radius 2 is 2.08 bits per heavy atom. The first-order valence-corrected chi connectivity index (χ1v) is 4.77. The van der Waals surface area contributed by atoms with E-state index in [9.17, 15) is 0 Å². The minimum Gasteiger partial charge on any atom is -0.373 e. The molecule has 1 aliphatic rings. The van der Waals surface area contributed by atoms with Gasteiger partial charge in [-0.25, -0.2) is 0 Å². The average molecular weight is 174 g/mol. The van der Waals surface area contributed by atoms with Crippen molar-refractivity contribution >= 4 is 0 Å². The normalized spacial score (nSPS) is 21.7. The van der Waals surface area contributed by atoms with Crippen molar-refractivity contribution in [2.75, 3.05) is 6.61 Å². The van der Waals surface area contributed by atoms with E-state index in [0.29, 0.717) is 0 Å². The molecule has 0 amide bonds. The van der Waals surface area contributed by atoms with Gasteiger partial charge in [0.15, 0.2) is 0 Å². The lowest BCUT2D eigenvalue weighted by atomic mass is 10.1. The summed E-state index contributed by atoms with van der Waals surface area (Å²) in [4.78, 5) is 0. The van der Waals surface area contributed by atoms with E-state index < -0.39 is 0 Å². The second kappa shape index (κ2) is 4.24. The van der Waals surface area contributed by atoms with Crippen molar-refractivity contribution in [3.8, 4) is 0 Å². The maximum atomic E-state index is 5.60. The lowest BCUT2D eigenvalue weighted by molar-refractivity contribution is 0.0804. The zero-order valence-electron chi connectivity index (χ0n) is 7.65. The van der Waals surface area contributed by atoms with Crippen LogP contribution in [0.15, 0.2) is 42.5 Å². The van der Waals surface area contributed by atoms with Crippen LogP contribution in [0.4, 0.5) is 0 Å². The molecule has 0 saturated carbocycles. The van der Waals surface area contributed by atoms with Crippen LogP contribution in [0.5, 0.6) is 0 Å². The highest BCUT2D eigenvalue weighted by Gasteiger charge is 2.08. The van der Waals surface area contributed by atoms with Crippen LogP contribution in [0.25, 0.3) is 0 Å². The maximum Gasteiger partial charge on any atom is 0.0796 e. The summed E-state index contributed by atoms with van der Waals surface area (Å²) in [5.41, 5.74) is 1.35. The third-order valence-corrected chi connectivity index (χ3v) is 2.25. The Balaban J connectivity index is 1.98. The summed E-state index contributed by atoms with van der Waals surface area (Å²) in [6, 6.07) is 10.5.